The summed E-state index contributed by atoms with van der Waals surface area (Å²) >= 11 is 0. The fraction of sp³-hybridized carbons (Fsp3) is 0.667. The number of ether oxygens (including phenoxy) is 6. The van der Waals surface area contributed by atoms with E-state index in [1.165, 1.54) is 33.3 Å². The van der Waals surface area contributed by atoms with Crippen LogP contribution in [0.3, 0.4) is 0 Å². The van der Waals surface area contributed by atoms with Gasteiger partial charge in [0.1, 0.15) is 65.5 Å². The summed E-state index contributed by atoms with van der Waals surface area (Å²) in [5, 5.41) is 60.4. The number of carbonyl (C=O) groups is 1. The molecule has 0 unspecified atom stereocenters. The Bertz CT molecular complexity index is 848. The molecule has 0 radical (unpaired) electrons. The smallest absolute Gasteiger partial charge is 0.229 e. The molecule has 0 aliphatic carbocycles. The molecular weight excluding hydrogens is 460 g/mol. The van der Waals surface area contributed by atoms with Gasteiger partial charge in [0, 0.05) is 12.1 Å². The lowest BCUT2D eigenvalue weighted by molar-refractivity contribution is -0.307. The Labute approximate surface area is 195 Å². The highest BCUT2D eigenvalue weighted by Crippen LogP contribution is 2.36. The van der Waals surface area contributed by atoms with Gasteiger partial charge >= 0.3 is 0 Å². The largest absolute Gasteiger partial charge is 0.496 e. The van der Waals surface area contributed by atoms with Gasteiger partial charge in [-0.1, -0.05) is 0 Å². The molecule has 3 rings (SSSR count). The van der Waals surface area contributed by atoms with Crippen molar-refractivity contribution in [2.24, 2.45) is 0 Å². The van der Waals surface area contributed by atoms with Crippen LogP contribution in [0.5, 0.6) is 17.2 Å². The summed E-state index contributed by atoms with van der Waals surface area (Å²) in [5.41, 5.74) is 0.0405. The third-order valence-electron chi connectivity index (χ3n) is 5.64. The molecule has 34 heavy (non-hydrogen) atoms. The second-order valence-corrected chi connectivity index (χ2v) is 7.98. The average molecular weight is 490 g/mol. The molecule has 13 nitrogen and oxygen atoms in total. The lowest BCUT2D eigenvalue weighted by atomic mass is 9.99. The predicted octanol–water partition coefficient (Wildman–Crippen LogP) is -2.45. The predicted molar refractivity (Wildman–Crippen MR) is 111 cm³/mol. The summed E-state index contributed by atoms with van der Waals surface area (Å²) in [7, 11) is 2.74. The van der Waals surface area contributed by atoms with E-state index in [0.717, 1.165) is 0 Å². The number of carbonyl (C=O) groups excluding carboxylic acids is 1. The highest BCUT2D eigenvalue weighted by molar-refractivity contribution is 6.00. The standard InChI is InChI=1S/C21H30O13/c1-8(22)14-11(30-3)4-9(29-2)5-12(14)33-21-19(28)17(26)16(25)13(34-21)7-32-20-18(27)15(24)10(23)6-31-20/h4-5,10,13,15-21,23-28H,6-7H2,1-3H3/t10-,13-,15+,16-,17+,18-,19-,20+,21-/m1/s1. The molecule has 1 aromatic rings. The summed E-state index contributed by atoms with van der Waals surface area (Å²) in [4.78, 5) is 12.2. The van der Waals surface area contributed by atoms with Gasteiger partial charge in [0.25, 0.3) is 0 Å². The first-order valence-electron chi connectivity index (χ1n) is 10.5. The number of ketones is 1. The van der Waals surface area contributed by atoms with Gasteiger partial charge in [-0.3, -0.25) is 4.79 Å². The van der Waals surface area contributed by atoms with Gasteiger partial charge < -0.3 is 59.1 Å². The van der Waals surface area contributed by atoms with Crippen molar-refractivity contribution in [1.82, 2.24) is 0 Å². The van der Waals surface area contributed by atoms with E-state index in [1.807, 2.05) is 0 Å². The van der Waals surface area contributed by atoms with Gasteiger partial charge in [-0.2, -0.15) is 0 Å². The van der Waals surface area contributed by atoms with Gasteiger partial charge in [0.2, 0.25) is 6.29 Å². The van der Waals surface area contributed by atoms with E-state index in [4.69, 9.17) is 28.4 Å². The second-order valence-electron chi connectivity index (χ2n) is 7.98. The minimum Gasteiger partial charge on any atom is -0.496 e. The SMILES string of the molecule is COc1cc(OC)c(C(C)=O)c(O[C@@H]2O[C@H](CO[C@@H]3OC[C@@H](O)[C@H](O)[C@H]3O)[C@@H](O)[C@H](O)[C@H]2O)c1. The van der Waals surface area contributed by atoms with E-state index in [9.17, 15) is 35.4 Å². The highest BCUT2D eigenvalue weighted by atomic mass is 16.7. The third-order valence-corrected chi connectivity index (χ3v) is 5.64. The van der Waals surface area contributed by atoms with Crippen molar-refractivity contribution in [1.29, 1.82) is 0 Å². The molecule has 13 heteroatoms. The molecule has 9 atom stereocenters. The molecule has 192 valence electrons. The molecule has 2 saturated heterocycles. The fourth-order valence-corrected chi connectivity index (χ4v) is 3.68. The van der Waals surface area contributed by atoms with Crippen LogP contribution in [0.25, 0.3) is 0 Å². The first-order chi connectivity index (χ1) is 16.1. The van der Waals surface area contributed by atoms with Crippen molar-refractivity contribution in [3.8, 4) is 17.2 Å². The van der Waals surface area contributed by atoms with Crippen LogP contribution in [0.15, 0.2) is 12.1 Å². The minimum absolute atomic E-state index is 0.0405. The highest BCUT2D eigenvalue weighted by Gasteiger charge is 2.46. The molecule has 0 bridgehead atoms. The van der Waals surface area contributed by atoms with Crippen LogP contribution in [0.2, 0.25) is 0 Å². The van der Waals surface area contributed by atoms with Crippen LogP contribution >= 0.6 is 0 Å². The number of Topliss-reactive ketones (excluding diaryl/α,β-unsaturated/α-hetero) is 1. The van der Waals surface area contributed by atoms with Crippen LogP contribution in [-0.4, -0.2) is 119 Å². The van der Waals surface area contributed by atoms with Gasteiger partial charge in [-0.15, -0.1) is 0 Å². The van der Waals surface area contributed by atoms with Gasteiger partial charge in [0.05, 0.1) is 27.4 Å². The third kappa shape index (κ3) is 5.43. The summed E-state index contributed by atoms with van der Waals surface area (Å²) < 4.78 is 32.2. The second kappa shape index (κ2) is 11.1. The molecule has 1 aromatic carbocycles. The molecule has 2 aliphatic rings. The first kappa shape index (κ1) is 26.5. The molecule has 0 spiro atoms. The Balaban J connectivity index is 1.77. The fourth-order valence-electron chi connectivity index (χ4n) is 3.68. The van der Waals surface area contributed by atoms with Crippen molar-refractivity contribution in [3.63, 3.8) is 0 Å². The molecular formula is C21H30O13. The maximum atomic E-state index is 12.2. The van der Waals surface area contributed by atoms with Crippen LogP contribution in [0.4, 0.5) is 0 Å². The van der Waals surface area contributed by atoms with Crippen molar-refractivity contribution < 1.29 is 63.9 Å². The van der Waals surface area contributed by atoms with Crippen LogP contribution in [0.1, 0.15) is 17.3 Å². The number of aliphatic hydroxyl groups excluding tert-OH is 6. The number of aliphatic hydroxyl groups is 6. The van der Waals surface area contributed by atoms with Gasteiger partial charge in [0.15, 0.2) is 12.1 Å². The summed E-state index contributed by atoms with van der Waals surface area (Å²) in [5.74, 6) is -0.0350. The van der Waals surface area contributed by atoms with Crippen molar-refractivity contribution >= 4 is 5.78 Å². The zero-order chi connectivity index (χ0) is 25.2. The van der Waals surface area contributed by atoms with E-state index >= 15 is 0 Å². The zero-order valence-electron chi connectivity index (χ0n) is 18.8. The summed E-state index contributed by atoms with van der Waals surface area (Å²) in [6.07, 6.45) is -13.6. The average Bonchev–Trinajstić information content (AvgIpc) is 2.82. The van der Waals surface area contributed by atoms with Crippen LogP contribution < -0.4 is 14.2 Å². The van der Waals surface area contributed by atoms with Gasteiger partial charge in [-0.25, -0.2) is 0 Å². The van der Waals surface area contributed by atoms with Crippen molar-refractivity contribution in [3.05, 3.63) is 17.7 Å². The Kier molecular flexibility index (Phi) is 8.67. The molecule has 2 fully saturated rings. The molecule has 6 N–H and O–H groups in total. The Morgan fingerprint density at radius 1 is 0.912 bits per heavy atom. The lowest BCUT2D eigenvalue weighted by Crippen LogP contribution is -2.61. The number of hydrogen-bond acceptors (Lipinski definition) is 13. The Morgan fingerprint density at radius 2 is 1.56 bits per heavy atom. The summed E-state index contributed by atoms with van der Waals surface area (Å²) in [6.45, 7) is 0.539. The van der Waals surface area contributed by atoms with E-state index in [-0.39, 0.29) is 29.4 Å². The van der Waals surface area contributed by atoms with E-state index in [2.05, 4.69) is 0 Å². The van der Waals surface area contributed by atoms with E-state index in [0.29, 0.717) is 0 Å². The normalized spacial score (nSPS) is 36.1. The van der Waals surface area contributed by atoms with Crippen molar-refractivity contribution in [2.75, 3.05) is 27.4 Å². The van der Waals surface area contributed by atoms with E-state index in [1.54, 1.807) is 0 Å². The number of hydrogen-bond donors (Lipinski definition) is 6. The molecule has 2 heterocycles. The lowest BCUT2D eigenvalue weighted by Gasteiger charge is -2.41. The topological polar surface area (TPSA) is 194 Å². The maximum absolute atomic E-state index is 12.2. The Morgan fingerprint density at radius 3 is 2.18 bits per heavy atom. The molecule has 0 saturated carbocycles. The number of methoxy groups -OCH3 is 2. The summed E-state index contributed by atoms with van der Waals surface area (Å²) in [6, 6.07) is 2.84. The zero-order valence-corrected chi connectivity index (χ0v) is 18.8. The maximum Gasteiger partial charge on any atom is 0.229 e. The minimum atomic E-state index is -1.72. The quantitative estimate of drug-likeness (QED) is 0.210. The van der Waals surface area contributed by atoms with Gasteiger partial charge in [-0.05, 0) is 6.92 Å². The van der Waals surface area contributed by atoms with E-state index < -0.39 is 67.7 Å². The first-order valence-corrected chi connectivity index (χ1v) is 10.5. The molecule has 0 aromatic heterocycles. The number of rotatable bonds is 8. The molecule has 2 aliphatic heterocycles. The number of benzene rings is 1. The van der Waals surface area contributed by atoms with Crippen LogP contribution in [0, 0.1) is 0 Å². The van der Waals surface area contributed by atoms with Crippen LogP contribution in [-0.2, 0) is 14.2 Å². The monoisotopic (exact) mass is 490 g/mol. The Hall–Kier alpha value is -2.07. The van der Waals surface area contributed by atoms with Crippen molar-refractivity contribution in [2.45, 2.75) is 62.2 Å². The molecule has 0 amide bonds.